The Kier molecular flexibility index (Phi) is 4.57. The number of hydrogen-bond donors (Lipinski definition) is 2. The van der Waals surface area contributed by atoms with Crippen molar-refractivity contribution >= 4 is 27.3 Å². The maximum absolute atomic E-state index is 12.5. The smallest absolute Gasteiger partial charge is 0.248 e. The molecule has 4 saturated carbocycles. The third-order valence-electron chi connectivity index (χ3n) is 6.68. The summed E-state index contributed by atoms with van der Waals surface area (Å²) in [6.45, 7) is 2.13. The zero-order chi connectivity index (χ0) is 19.2. The minimum atomic E-state index is -3.30. The average molecular weight is 389 g/mol. The molecule has 0 radical (unpaired) electrons. The molecule has 6 heteroatoms. The summed E-state index contributed by atoms with van der Waals surface area (Å²) in [5, 5.41) is 2.90. The van der Waals surface area contributed by atoms with Gasteiger partial charge in [-0.05, 0) is 92.9 Å². The molecule has 0 heterocycles. The highest BCUT2D eigenvalue weighted by Gasteiger charge is 2.51. The fourth-order valence-corrected chi connectivity index (χ4v) is 6.52. The first-order valence-electron chi connectivity index (χ1n) is 9.78. The third-order valence-corrected chi connectivity index (χ3v) is 7.28. The topological polar surface area (TPSA) is 75.3 Å². The lowest BCUT2D eigenvalue weighted by molar-refractivity contribution is -0.112. The molecule has 4 aliphatic rings. The van der Waals surface area contributed by atoms with Gasteiger partial charge in [0, 0.05) is 17.5 Å². The fraction of sp³-hybridized carbons (Fsp3) is 0.571. The van der Waals surface area contributed by atoms with Crippen LogP contribution in [0.4, 0.5) is 11.4 Å². The van der Waals surface area contributed by atoms with E-state index in [0.717, 1.165) is 24.0 Å². The Morgan fingerprint density at radius 3 is 1.96 bits per heavy atom. The molecule has 5 rings (SSSR count). The molecule has 0 saturated heterocycles. The van der Waals surface area contributed by atoms with E-state index < -0.39 is 10.0 Å². The molecule has 146 valence electrons. The Morgan fingerprint density at radius 2 is 1.48 bits per heavy atom. The Labute approximate surface area is 161 Å². The maximum Gasteiger partial charge on any atom is 0.248 e. The second kappa shape index (κ2) is 6.66. The lowest BCUT2D eigenvalue weighted by atomic mass is 9.48. The summed E-state index contributed by atoms with van der Waals surface area (Å²) in [4.78, 5) is 12.5. The number of nitrogens with one attached hydrogen (secondary N) is 2. The summed E-state index contributed by atoms with van der Waals surface area (Å²) in [5.74, 6) is 2.47. The van der Waals surface area contributed by atoms with Crippen molar-refractivity contribution in [3.05, 3.63) is 35.9 Å². The summed E-state index contributed by atoms with van der Waals surface area (Å²) < 4.78 is 24.9. The molecule has 4 fully saturated rings. The Hall–Kier alpha value is -1.82. The summed E-state index contributed by atoms with van der Waals surface area (Å²) in [7, 11) is -3.30. The van der Waals surface area contributed by atoms with Crippen LogP contribution in [0.5, 0.6) is 0 Å². The van der Waals surface area contributed by atoms with Crippen molar-refractivity contribution in [2.75, 3.05) is 16.3 Å². The predicted octanol–water partition coefficient (Wildman–Crippen LogP) is 4.16. The van der Waals surface area contributed by atoms with E-state index >= 15 is 0 Å². The van der Waals surface area contributed by atoms with Gasteiger partial charge in [-0.3, -0.25) is 9.52 Å². The van der Waals surface area contributed by atoms with Gasteiger partial charge in [-0.2, -0.15) is 0 Å². The fourth-order valence-electron chi connectivity index (χ4n) is 5.96. The van der Waals surface area contributed by atoms with Crippen molar-refractivity contribution in [1.29, 1.82) is 0 Å². The number of amides is 1. The van der Waals surface area contributed by atoms with Crippen LogP contribution in [0.25, 0.3) is 0 Å². The van der Waals surface area contributed by atoms with Crippen molar-refractivity contribution in [3.63, 3.8) is 0 Å². The quantitative estimate of drug-likeness (QED) is 0.744. The van der Waals surface area contributed by atoms with Crippen LogP contribution in [-0.4, -0.2) is 20.6 Å². The molecular weight excluding hydrogens is 360 g/mol. The molecule has 0 aliphatic heterocycles. The minimum Gasteiger partial charge on any atom is -0.323 e. The first kappa shape index (κ1) is 18.5. The van der Waals surface area contributed by atoms with Crippen molar-refractivity contribution in [1.82, 2.24) is 0 Å². The zero-order valence-electron chi connectivity index (χ0n) is 16.0. The Morgan fingerprint density at radius 1 is 1.00 bits per heavy atom. The van der Waals surface area contributed by atoms with E-state index in [1.807, 2.05) is 0 Å². The summed E-state index contributed by atoms with van der Waals surface area (Å²) >= 11 is 0. The molecule has 4 bridgehead atoms. The van der Waals surface area contributed by atoms with Gasteiger partial charge in [0.1, 0.15) is 0 Å². The Balaban J connectivity index is 1.43. The molecule has 2 N–H and O–H groups in total. The molecule has 0 spiro atoms. The van der Waals surface area contributed by atoms with Gasteiger partial charge in [0.15, 0.2) is 0 Å². The molecule has 0 aromatic heterocycles. The number of carbonyl (C=O) groups is 1. The van der Waals surface area contributed by atoms with Crippen molar-refractivity contribution in [2.24, 2.45) is 23.2 Å². The minimum absolute atomic E-state index is 0.105. The molecular formula is C21H28N2O3S. The molecule has 0 unspecified atom stereocenters. The van der Waals surface area contributed by atoms with Gasteiger partial charge in [0.2, 0.25) is 15.9 Å². The lowest BCUT2D eigenvalue weighted by Gasteiger charge is -2.57. The van der Waals surface area contributed by atoms with Crippen LogP contribution in [0.1, 0.15) is 45.4 Å². The van der Waals surface area contributed by atoms with Gasteiger partial charge in [0.05, 0.1) is 6.26 Å². The van der Waals surface area contributed by atoms with Crippen LogP contribution in [0, 0.1) is 23.2 Å². The molecule has 5 nitrogen and oxygen atoms in total. The number of allylic oxidation sites excluding steroid dienone is 1. The highest BCUT2D eigenvalue weighted by atomic mass is 32.2. The van der Waals surface area contributed by atoms with Crippen LogP contribution in [0.2, 0.25) is 0 Å². The van der Waals surface area contributed by atoms with E-state index in [2.05, 4.69) is 17.0 Å². The number of benzene rings is 1. The highest BCUT2D eigenvalue weighted by molar-refractivity contribution is 7.92. The van der Waals surface area contributed by atoms with E-state index in [4.69, 9.17) is 0 Å². The standard InChI is InChI=1S/C21H28N2O3S/c1-14(21-11-15-8-16(12-21)10-17(9-15)13-21)7-20(24)22-18-3-5-19(6-4-18)23-27(2,25)26/h3-7,15-17,23H,8-13H2,1-2H3,(H,22,24). The Bertz CT molecular complexity index is 836. The molecule has 27 heavy (non-hydrogen) atoms. The van der Waals surface area contributed by atoms with Crippen LogP contribution in [0.15, 0.2) is 35.9 Å². The second-order valence-corrected chi connectivity index (χ2v) is 10.7. The lowest BCUT2D eigenvalue weighted by Crippen LogP contribution is -2.46. The predicted molar refractivity (Wildman–Crippen MR) is 108 cm³/mol. The van der Waals surface area contributed by atoms with Gasteiger partial charge in [-0.1, -0.05) is 5.57 Å². The van der Waals surface area contributed by atoms with E-state index in [-0.39, 0.29) is 11.3 Å². The number of anilines is 2. The van der Waals surface area contributed by atoms with Crippen molar-refractivity contribution in [3.8, 4) is 0 Å². The van der Waals surface area contributed by atoms with Gasteiger partial charge < -0.3 is 5.32 Å². The van der Waals surface area contributed by atoms with E-state index in [0.29, 0.717) is 11.4 Å². The highest BCUT2D eigenvalue weighted by Crippen LogP contribution is 2.62. The monoisotopic (exact) mass is 388 g/mol. The van der Waals surface area contributed by atoms with Crippen molar-refractivity contribution < 1.29 is 13.2 Å². The van der Waals surface area contributed by atoms with Crippen LogP contribution in [-0.2, 0) is 14.8 Å². The maximum atomic E-state index is 12.5. The zero-order valence-corrected chi connectivity index (χ0v) is 16.8. The number of sulfonamides is 1. The summed E-state index contributed by atoms with van der Waals surface area (Å²) in [6.07, 6.45) is 10.8. The molecule has 1 aromatic carbocycles. The van der Waals surface area contributed by atoms with Crippen LogP contribution in [0.3, 0.4) is 0 Å². The molecule has 0 atom stereocenters. The van der Waals surface area contributed by atoms with E-state index in [1.54, 1.807) is 30.3 Å². The van der Waals surface area contributed by atoms with Crippen molar-refractivity contribution in [2.45, 2.75) is 45.4 Å². The molecule has 4 aliphatic carbocycles. The van der Waals surface area contributed by atoms with E-state index in [9.17, 15) is 13.2 Å². The SMILES string of the molecule is CC(=CC(=O)Nc1ccc(NS(C)(=O)=O)cc1)C12CC3CC(CC(C3)C1)C2. The average Bonchev–Trinajstić information content (AvgIpc) is 2.54. The summed E-state index contributed by atoms with van der Waals surface area (Å²) in [6, 6.07) is 6.71. The van der Waals surface area contributed by atoms with Crippen LogP contribution >= 0.6 is 0 Å². The molecule has 1 aromatic rings. The number of hydrogen-bond acceptors (Lipinski definition) is 3. The van der Waals surface area contributed by atoms with E-state index in [1.165, 1.54) is 44.1 Å². The second-order valence-electron chi connectivity index (χ2n) is 8.97. The normalized spacial score (nSPS) is 32.4. The van der Waals surface area contributed by atoms with Gasteiger partial charge in [-0.15, -0.1) is 0 Å². The van der Waals surface area contributed by atoms with Crippen LogP contribution < -0.4 is 10.0 Å². The third kappa shape index (κ3) is 4.05. The van der Waals surface area contributed by atoms with Gasteiger partial charge in [-0.25, -0.2) is 8.42 Å². The summed E-state index contributed by atoms with van der Waals surface area (Å²) in [5.41, 5.74) is 2.62. The number of carbonyl (C=O) groups excluding carboxylic acids is 1. The first-order chi connectivity index (χ1) is 12.7. The van der Waals surface area contributed by atoms with Gasteiger partial charge in [0.25, 0.3) is 0 Å². The number of rotatable bonds is 5. The largest absolute Gasteiger partial charge is 0.323 e. The first-order valence-corrected chi connectivity index (χ1v) is 11.7. The van der Waals surface area contributed by atoms with Gasteiger partial charge >= 0.3 is 0 Å². The molecule has 1 amide bonds.